The third-order valence-electron chi connectivity index (χ3n) is 5.20. The standard InChI is InChI=1S/C20H26N2O4/c23-20(14-21-4-8-24-9-5-21)22-6-10-25-15-17(13-22)11-16-1-2-18-3-7-26-19(18)12-16/h1-3,7,12,17H,4-6,8-11,13-15H2/t17-/m0/s1. The van der Waals surface area contributed by atoms with E-state index in [1.807, 2.05) is 11.0 Å². The van der Waals surface area contributed by atoms with Gasteiger partial charge in [-0.15, -0.1) is 0 Å². The number of rotatable bonds is 4. The number of fused-ring (bicyclic) bond motifs is 1. The van der Waals surface area contributed by atoms with Crippen molar-refractivity contribution >= 4 is 16.9 Å². The van der Waals surface area contributed by atoms with E-state index in [-0.39, 0.29) is 5.91 Å². The van der Waals surface area contributed by atoms with Crippen LogP contribution >= 0.6 is 0 Å². The fourth-order valence-corrected chi connectivity index (χ4v) is 3.74. The largest absolute Gasteiger partial charge is 0.464 e. The molecule has 0 N–H and O–H groups in total. The average Bonchev–Trinajstić information content (AvgIpc) is 3.00. The molecule has 3 heterocycles. The minimum Gasteiger partial charge on any atom is -0.464 e. The van der Waals surface area contributed by atoms with Gasteiger partial charge in [0.15, 0.2) is 0 Å². The maximum absolute atomic E-state index is 12.7. The monoisotopic (exact) mass is 358 g/mol. The van der Waals surface area contributed by atoms with E-state index in [4.69, 9.17) is 13.9 Å². The van der Waals surface area contributed by atoms with Gasteiger partial charge in [-0.25, -0.2) is 0 Å². The Morgan fingerprint density at radius 3 is 2.81 bits per heavy atom. The number of ether oxygens (including phenoxy) is 2. The first-order valence-electron chi connectivity index (χ1n) is 9.40. The second-order valence-electron chi connectivity index (χ2n) is 7.17. The molecule has 1 aromatic heterocycles. The number of carbonyl (C=O) groups is 1. The Bertz CT molecular complexity index is 738. The molecule has 6 heteroatoms. The van der Waals surface area contributed by atoms with Gasteiger partial charge in [-0.05, 0) is 24.1 Å². The van der Waals surface area contributed by atoms with Crippen LogP contribution in [0.25, 0.3) is 11.0 Å². The van der Waals surface area contributed by atoms with Crippen molar-refractivity contribution < 1.29 is 18.7 Å². The van der Waals surface area contributed by atoms with E-state index in [0.717, 1.165) is 37.0 Å². The van der Waals surface area contributed by atoms with Gasteiger partial charge in [0.2, 0.25) is 5.91 Å². The van der Waals surface area contributed by atoms with Gasteiger partial charge < -0.3 is 18.8 Å². The van der Waals surface area contributed by atoms with Gasteiger partial charge in [0.25, 0.3) is 0 Å². The van der Waals surface area contributed by atoms with Crippen molar-refractivity contribution in [3.8, 4) is 0 Å². The van der Waals surface area contributed by atoms with Crippen molar-refractivity contribution in [3.05, 3.63) is 36.1 Å². The molecule has 1 amide bonds. The number of amides is 1. The molecule has 4 rings (SSSR count). The third-order valence-corrected chi connectivity index (χ3v) is 5.20. The van der Waals surface area contributed by atoms with Gasteiger partial charge in [0.05, 0.1) is 39.2 Å². The van der Waals surface area contributed by atoms with E-state index in [2.05, 4.69) is 23.1 Å². The SMILES string of the molecule is O=C(CN1CCOCC1)N1CCOC[C@@H](Cc2ccc3ccoc3c2)C1. The van der Waals surface area contributed by atoms with Gasteiger partial charge in [-0.1, -0.05) is 12.1 Å². The minimum atomic E-state index is 0.198. The maximum atomic E-state index is 12.7. The molecule has 0 aliphatic carbocycles. The summed E-state index contributed by atoms with van der Waals surface area (Å²) in [5.41, 5.74) is 2.14. The molecular weight excluding hydrogens is 332 g/mol. The van der Waals surface area contributed by atoms with E-state index >= 15 is 0 Å². The summed E-state index contributed by atoms with van der Waals surface area (Å²) in [5.74, 6) is 0.502. The summed E-state index contributed by atoms with van der Waals surface area (Å²) in [6, 6.07) is 8.30. The van der Waals surface area contributed by atoms with Crippen molar-refractivity contribution in [2.45, 2.75) is 6.42 Å². The number of benzene rings is 1. The number of furan rings is 1. The Balaban J connectivity index is 1.37. The first-order chi connectivity index (χ1) is 12.8. The van der Waals surface area contributed by atoms with Crippen LogP contribution in [0, 0.1) is 5.92 Å². The van der Waals surface area contributed by atoms with Crippen LogP contribution in [0.5, 0.6) is 0 Å². The summed E-state index contributed by atoms with van der Waals surface area (Å²) < 4.78 is 16.6. The molecule has 2 aromatic rings. The Hall–Kier alpha value is -1.89. The van der Waals surface area contributed by atoms with Gasteiger partial charge >= 0.3 is 0 Å². The van der Waals surface area contributed by atoms with Gasteiger partial charge in [0.1, 0.15) is 5.58 Å². The summed E-state index contributed by atoms with van der Waals surface area (Å²) >= 11 is 0. The molecule has 2 saturated heterocycles. The van der Waals surface area contributed by atoms with Crippen LogP contribution < -0.4 is 0 Å². The molecule has 0 radical (unpaired) electrons. The van der Waals surface area contributed by atoms with Crippen molar-refractivity contribution in [3.63, 3.8) is 0 Å². The summed E-state index contributed by atoms with van der Waals surface area (Å²) in [4.78, 5) is 16.9. The Morgan fingerprint density at radius 1 is 1.08 bits per heavy atom. The summed E-state index contributed by atoms with van der Waals surface area (Å²) in [7, 11) is 0. The molecule has 2 fully saturated rings. The van der Waals surface area contributed by atoms with Crippen LogP contribution in [-0.2, 0) is 20.7 Å². The van der Waals surface area contributed by atoms with Gasteiger partial charge in [-0.2, -0.15) is 0 Å². The lowest BCUT2D eigenvalue weighted by Crippen LogP contribution is -2.46. The third kappa shape index (κ3) is 4.26. The lowest BCUT2D eigenvalue weighted by molar-refractivity contribution is -0.133. The average molecular weight is 358 g/mol. The molecular formula is C20H26N2O4. The number of morpholine rings is 1. The zero-order valence-electron chi connectivity index (χ0n) is 15.1. The number of nitrogens with zero attached hydrogens (tertiary/aromatic N) is 2. The first-order valence-corrected chi connectivity index (χ1v) is 9.40. The van der Waals surface area contributed by atoms with E-state index in [1.54, 1.807) is 6.26 Å². The fraction of sp³-hybridized carbons (Fsp3) is 0.550. The Kier molecular flexibility index (Phi) is 5.53. The van der Waals surface area contributed by atoms with Crippen LogP contribution in [0.15, 0.2) is 34.9 Å². The van der Waals surface area contributed by atoms with Crippen LogP contribution in [0.1, 0.15) is 5.56 Å². The molecule has 2 aliphatic rings. The second-order valence-corrected chi connectivity index (χ2v) is 7.17. The van der Waals surface area contributed by atoms with Crippen molar-refractivity contribution in [2.75, 3.05) is 59.2 Å². The number of carbonyl (C=O) groups excluding carboxylic acids is 1. The predicted octanol–water partition coefficient (Wildman–Crippen LogP) is 1.78. The van der Waals surface area contributed by atoms with Gasteiger partial charge in [-0.3, -0.25) is 9.69 Å². The van der Waals surface area contributed by atoms with Crippen LogP contribution in [-0.4, -0.2) is 74.9 Å². The van der Waals surface area contributed by atoms with E-state index in [9.17, 15) is 4.79 Å². The quantitative estimate of drug-likeness (QED) is 0.834. The highest BCUT2D eigenvalue weighted by atomic mass is 16.5. The molecule has 2 aliphatic heterocycles. The highest BCUT2D eigenvalue weighted by molar-refractivity contribution is 5.78. The molecule has 0 saturated carbocycles. The molecule has 0 bridgehead atoms. The van der Waals surface area contributed by atoms with Crippen molar-refractivity contribution in [2.24, 2.45) is 5.92 Å². The Morgan fingerprint density at radius 2 is 1.92 bits per heavy atom. The highest BCUT2D eigenvalue weighted by Gasteiger charge is 2.24. The van der Waals surface area contributed by atoms with E-state index in [0.29, 0.717) is 45.4 Å². The topological polar surface area (TPSA) is 55.2 Å². The van der Waals surface area contributed by atoms with E-state index in [1.165, 1.54) is 5.56 Å². The fourth-order valence-electron chi connectivity index (χ4n) is 3.74. The zero-order chi connectivity index (χ0) is 17.8. The smallest absolute Gasteiger partial charge is 0.236 e. The highest BCUT2D eigenvalue weighted by Crippen LogP contribution is 2.20. The van der Waals surface area contributed by atoms with Gasteiger partial charge in [0, 0.05) is 37.5 Å². The predicted molar refractivity (Wildman–Crippen MR) is 98.1 cm³/mol. The van der Waals surface area contributed by atoms with Crippen LogP contribution in [0.3, 0.4) is 0 Å². The molecule has 0 spiro atoms. The number of hydrogen-bond acceptors (Lipinski definition) is 5. The molecule has 140 valence electrons. The molecule has 6 nitrogen and oxygen atoms in total. The minimum absolute atomic E-state index is 0.198. The molecule has 26 heavy (non-hydrogen) atoms. The second kappa shape index (κ2) is 8.20. The maximum Gasteiger partial charge on any atom is 0.236 e. The zero-order valence-corrected chi connectivity index (χ0v) is 15.1. The summed E-state index contributed by atoms with van der Waals surface area (Å²) in [6.45, 7) is 6.32. The van der Waals surface area contributed by atoms with Crippen molar-refractivity contribution in [1.29, 1.82) is 0 Å². The lowest BCUT2D eigenvalue weighted by Gasteiger charge is -2.30. The lowest BCUT2D eigenvalue weighted by atomic mass is 9.99. The number of hydrogen-bond donors (Lipinski definition) is 0. The van der Waals surface area contributed by atoms with E-state index < -0.39 is 0 Å². The molecule has 1 aromatic carbocycles. The summed E-state index contributed by atoms with van der Waals surface area (Å²) in [5, 5.41) is 1.12. The van der Waals surface area contributed by atoms with Crippen molar-refractivity contribution in [1.82, 2.24) is 9.80 Å². The Labute approximate surface area is 153 Å². The summed E-state index contributed by atoms with van der Waals surface area (Å²) in [6.07, 6.45) is 2.60. The molecule has 0 unspecified atom stereocenters. The normalized spacial score (nSPS) is 22.5. The van der Waals surface area contributed by atoms with Crippen LogP contribution in [0.4, 0.5) is 0 Å². The first kappa shape index (κ1) is 17.5. The van der Waals surface area contributed by atoms with Crippen LogP contribution in [0.2, 0.25) is 0 Å². The molecule has 1 atom stereocenters.